The Labute approximate surface area is 121 Å². The van der Waals surface area contributed by atoms with E-state index in [4.69, 9.17) is 11.5 Å². The molecule has 0 unspecified atom stereocenters. The SMILES string of the molecule is NCCNc1c(C(N)=O)sc2c1CCc1ccccc1-2. The third-order valence-electron chi connectivity index (χ3n) is 3.58. The molecule has 3 rings (SSSR count). The van der Waals surface area contributed by atoms with E-state index in [-0.39, 0.29) is 5.91 Å². The number of thiophene rings is 1. The van der Waals surface area contributed by atoms with Gasteiger partial charge in [-0.1, -0.05) is 24.3 Å². The van der Waals surface area contributed by atoms with Crippen LogP contribution in [0.5, 0.6) is 0 Å². The molecule has 1 heterocycles. The van der Waals surface area contributed by atoms with Crippen LogP contribution < -0.4 is 16.8 Å². The maximum absolute atomic E-state index is 11.7. The van der Waals surface area contributed by atoms with Crippen molar-refractivity contribution in [3.05, 3.63) is 40.3 Å². The second-order valence-corrected chi connectivity index (χ2v) is 5.87. The van der Waals surface area contributed by atoms with Crippen LogP contribution in [0.2, 0.25) is 0 Å². The number of hydrogen-bond donors (Lipinski definition) is 3. The van der Waals surface area contributed by atoms with Gasteiger partial charge >= 0.3 is 0 Å². The summed E-state index contributed by atoms with van der Waals surface area (Å²) in [5.41, 5.74) is 15.7. The van der Waals surface area contributed by atoms with Gasteiger partial charge in [0.05, 0.1) is 5.69 Å². The third-order valence-corrected chi connectivity index (χ3v) is 4.86. The number of aryl methyl sites for hydroxylation is 1. The summed E-state index contributed by atoms with van der Waals surface area (Å²) in [6.07, 6.45) is 1.93. The summed E-state index contributed by atoms with van der Waals surface area (Å²) in [5, 5.41) is 3.27. The van der Waals surface area contributed by atoms with Gasteiger partial charge in [0.15, 0.2) is 0 Å². The lowest BCUT2D eigenvalue weighted by atomic mass is 9.90. The Bertz CT molecular complexity index is 663. The van der Waals surface area contributed by atoms with Crippen molar-refractivity contribution in [2.75, 3.05) is 18.4 Å². The zero-order valence-corrected chi connectivity index (χ0v) is 11.9. The Morgan fingerprint density at radius 2 is 2.10 bits per heavy atom. The van der Waals surface area contributed by atoms with E-state index in [1.807, 2.05) is 6.07 Å². The number of benzene rings is 1. The van der Waals surface area contributed by atoms with Crippen molar-refractivity contribution in [1.29, 1.82) is 0 Å². The predicted molar refractivity (Wildman–Crippen MR) is 83.2 cm³/mol. The van der Waals surface area contributed by atoms with Crippen molar-refractivity contribution in [1.82, 2.24) is 0 Å². The lowest BCUT2D eigenvalue weighted by molar-refractivity contribution is 0.100. The van der Waals surface area contributed by atoms with Gasteiger partial charge in [-0.3, -0.25) is 4.79 Å². The molecule has 4 nitrogen and oxygen atoms in total. The Balaban J connectivity index is 2.14. The van der Waals surface area contributed by atoms with Gasteiger partial charge in [-0.25, -0.2) is 0 Å². The monoisotopic (exact) mass is 287 g/mol. The number of nitrogens with one attached hydrogen (secondary N) is 1. The molecule has 0 fully saturated rings. The van der Waals surface area contributed by atoms with Gasteiger partial charge in [-0.05, 0) is 29.5 Å². The molecular formula is C15H17N3OS. The largest absolute Gasteiger partial charge is 0.382 e. The first-order valence-corrected chi connectivity index (χ1v) is 7.51. The normalized spacial score (nSPS) is 12.7. The molecule has 0 saturated carbocycles. The van der Waals surface area contributed by atoms with Gasteiger partial charge in [0, 0.05) is 18.0 Å². The molecule has 0 saturated heterocycles. The quantitative estimate of drug-likeness (QED) is 0.804. The van der Waals surface area contributed by atoms with Crippen LogP contribution in [-0.4, -0.2) is 19.0 Å². The Hall–Kier alpha value is -1.85. The molecule has 5 heteroatoms. The molecule has 0 spiro atoms. The van der Waals surface area contributed by atoms with Crippen molar-refractivity contribution >= 4 is 22.9 Å². The van der Waals surface area contributed by atoms with Crippen LogP contribution in [0.25, 0.3) is 10.4 Å². The topological polar surface area (TPSA) is 81.1 Å². The highest BCUT2D eigenvalue weighted by Gasteiger charge is 2.26. The second-order valence-electron chi connectivity index (χ2n) is 4.85. The molecule has 0 aliphatic heterocycles. The number of carbonyl (C=O) groups is 1. The molecule has 2 aromatic rings. The van der Waals surface area contributed by atoms with Crippen molar-refractivity contribution in [3.63, 3.8) is 0 Å². The lowest BCUT2D eigenvalue weighted by Gasteiger charge is -2.17. The number of primary amides is 1. The van der Waals surface area contributed by atoms with E-state index in [1.54, 1.807) is 0 Å². The molecule has 5 N–H and O–H groups in total. The highest BCUT2D eigenvalue weighted by Crippen LogP contribution is 2.44. The van der Waals surface area contributed by atoms with Crippen molar-refractivity contribution in [2.24, 2.45) is 11.5 Å². The van der Waals surface area contributed by atoms with Gasteiger partial charge in [0.1, 0.15) is 4.88 Å². The number of amides is 1. The zero-order valence-electron chi connectivity index (χ0n) is 11.1. The molecule has 1 aromatic heterocycles. The van der Waals surface area contributed by atoms with Crippen LogP contribution in [0.4, 0.5) is 5.69 Å². The molecule has 0 atom stereocenters. The average molecular weight is 287 g/mol. The Morgan fingerprint density at radius 3 is 2.85 bits per heavy atom. The van der Waals surface area contributed by atoms with E-state index in [2.05, 4.69) is 23.5 Å². The average Bonchev–Trinajstić information content (AvgIpc) is 2.84. The Kier molecular flexibility index (Phi) is 3.46. The van der Waals surface area contributed by atoms with E-state index in [0.29, 0.717) is 18.0 Å². The summed E-state index contributed by atoms with van der Waals surface area (Å²) in [4.78, 5) is 13.5. The summed E-state index contributed by atoms with van der Waals surface area (Å²) in [5.74, 6) is -0.374. The van der Waals surface area contributed by atoms with Crippen LogP contribution in [0.1, 0.15) is 20.8 Å². The van der Waals surface area contributed by atoms with Crippen molar-refractivity contribution in [2.45, 2.75) is 12.8 Å². The molecule has 0 radical (unpaired) electrons. The van der Waals surface area contributed by atoms with Crippen LogP contribution in [0, 0.1) is 0 Å². The predicted octanol–water partition coefficient (Wildman–Crippen LogP) is 1.98. The standard InChI is InChI=1S/C15H17N3OS/c16-7-8-18-12-11-6-5-9-3-1-2-4-10(9)13(11)20-14(12)15(17)19/h1-4,18H,5-8,16H2,(H2,17,19). The van der Waals surface area contributed by atoms with Gasteiger partial charge in [-0.15, -0.1) is 11.3 Å². The fourth-order valence-electron chi connectivity index (χ4n) is 2.70. The first kappa shape index (κ1) is 13.1. The van der Waals surface area contributed by atoms with E-state index in [0.717, 1.165) is 18.5 Å². The molecule has 1 aliphatic rings. The van der Waals surface area contributed by atoms with E-state index in [9.17, 15) is 4.79 Å². The van der Waals surface area contributed by atoms with Gasteiger partial charge in [0.2, 0.25) is 0 Å². The summed E-state index contributed by atoms with van der Waals surface area (Å²) < 4.78 is 0. The Morgan fingerprint density at radius 1 is 1.30 bits per heavy atom. The number of anilines is 1. The number of hydrogen-bond acceptors (Lipinski definition) is 4. The van der Waals surface area contributed by atoms with E-state index < -0.39 is 0 Å². The molecule has 1 aromatic carbocycles. The molecular weight excluding hydrogens is 270 g/mol. The summed E-state index contributed by atoms with van der Waals surface area (Å²) in [6, 6.07) is 8.35. The summed E-state index contributed by atoms with van der Waals surface area (Å²) >= 11 is 1.49. The minimum Gasteiger partial charge on any atom is -0.382 e. The molecule has 1 amide bonds. The fraction of sp³-hybridized carbons (Fsp3) is 0.267. The first-order valence-electron chi connectivity index (χ1n) is 6.70. The zero-order chi connectivity index (χ0) is 14.1. The van der Waals surface area contributed by atoms with Gasteiger partial charge in [0.25, 0.3) is 5.91 Å². The number of fused-ring (bicyclic) bond motifs is 3. The van der Waals surface area contributed by atoms with E-state index >= 15 is 0 Å². The molecule has 0 bridgehead atoms. The number of nitrogens with two attached hydrogens (primary N) is 2. The molecule has 104 valence electrons. The van der Waals surface area contributed by atoms with Crippen LogP contribution in [-0.2, 0) is 12.8 Å². The smallest absolute Gasteiger partial charge is 0.260 e. The highest BCUT2D eigenvalue weighted by atomic mass is 32.1. The third kappa shape index (κ3) is 2.09. The van der Waals surface area contributed by atoms with Crippen LogP contribution >= 0.6 is 11.3 Å². The molecule has 20 heavy (non-hydrogen) atoms. The minimum absolute atomic E-state index is 0.374. The second kappa shape index (κ2) is 5.26. The lowest BCUT2D eigenvalue weighted by Crippen LogP contribution is -2.17. The number of carbonyl (C=O) groups excluding carboxylic acids is 1. The van der Waals surface area contributed by atoms with E-state index in [1.165, 1.54) is 32.9 Å². The number of rotatable bonds is 4. The minimum atomic E-state index is -0.374. The van der Waals surface area contributed by atoms with Crippen LogP contribution in [0.15, 0.2) is 24.3 Å². The summed E-state index contributed by atoms with van der Waals surface area (Å²) in [7, 11) is 0. The molecule has 1 aliphatic carbocycles. The maximum Gasteiger partial charge on any atom is 0.260 e. The van der Waals surface area contributed by atoms with Crippen molar-refractivity contribution in [3.8, 4) is 10.4 Å². The maximum atomic E-state index is 11.7. The first-order chi connectivity index (χ1) is 9.72. The van der Waals surface area contributed by atoms with Gasteiger partial charge < -0.3 is 16.8 Å². The van der Waals surface area contributed by atoms with Crippen molar-refractivity contribution < 1.29 is 4.79 Å². The van der Waals surface area contributed by atoms with Crippen LogP contribution in [0.3, 0.4) is 0 Å². The summed E-state index contributed by atoms with van der Waals surface area (Å²) in [6.45, 7) is 1.17. The fourth-order valence-corrected chi connectivity index (χ4v) is 3.94. The highest BCUT2D eigenvalue weighted by molar-refractivity contribution is 7.18. The van der Waals surface area contributed by atoms with Gasteiger partial charge in [-0.2, -0.15) is 0 Å².